The van der Waals surface area contributed by atoms with E-state index < -0.39 is 0 Å². The van der Waals surface area contributed by atoms with Crippen LogP contribution in [0.1, 0.15) is 11.1 Å². The molecule has 1 atom stereocenters. The molecule has 0 aromatic heterocycles. The fourth-order valence-corrected chi connectivity index (χ4v) is 3.16. The minimum absolute atomic E-state index is 0.403. The number of hydrogen-bond donors (Lipinski definition) is 0. The summed E-state index contributed by atoms with van der Waals surface area (Å²) in [6, 6.07) is 21.4. The lowest BCUT2D eigenvalue weighted by molar-refractivity contribution is 1.02. The van der Waals surface area contributed by atoms with Crippen LogP contribution in [-0.2, 0) is 0 Å². The van der Waals surface area contributed by atoms with Gasteiger partial charge < -0.3 is 0 Å². The smallest absolute Gasteiger partial charge is 0.0217 e. The standard InChI is InChI=1S/C21H16/c1-3-9-16(10-4-1)20-15-18-13-7-8-14-19(18)21(20)17-11-5-2-6-12-17/h1-15,18H. The molecule has 0 bridgehead atoms. The van der Waals surface area contributed by atoms with Crippen LogP contribution in [0.15, 0.2) is 96.6 Å². The third kappa shape index (κ3) is 2.09. The average Bonchev–Trinajstić information content (AvgIpc) is 2.96. The van der Waals surface area contributed by atoms with Crippen molar-refractivity contribution in [1.82, 2.24) is 0 Å². The molecule has 0 heteroatoms. The van der Waals surface area contributed by atoms with E-state index in [1.54, 1.807) is 0 Å². The van der Waals surface area contributed by atoms with Gasteiger partial charge in [-0.15, -0.1) is 0 Å². The van der Waals surface area contributed by atoms with Crippen molar-refractivity contribution in [2.45, 2.75) is 0 Å². The fourth-order valence-electron chi connectivity index (χ4n) is 3.16. The quantitative estimate of drug-likeness (QED) is 0.695. The fraction of sp³-hybridized carbons (Fsp3) is 0.0476. The molecule has 2 aliphatic rings. The van der Waals surface area contributed by atoms with Crippen LogP contribution in [0.25, 0.3) is 11.1 Å². The molecule has 4 rings (SSSR count). The van der Waals surface area contributed by atoms with E-state index in [4.69, 9.17) is 0 Å². The highest BCUT2D eigenvalue weighted by atomic mass is 14.3. The minimum atomic E-state index is 0.403. The van der Waals surface area contributed by atoms with Gasteiger partial charge >= 0.3 is 0 Å². The molecule has 0 fully saturated rings. The van der Waals surface area contributed by atoms with E-state index in [2.05, 4.69) is 91.0 Å². The van der Waals surface area contributed by atoms with Crippen molar-refractivity contribution in [2.75, 3.05) is 0 Å². The Labute approximate surface area is 125 Å². The molecule has 2 aromatic carbocycles. The van der Waals surface area contributed by atoms with Crippen molar-refractivity contribution < 1.29 is 0 Å². The lowest BCUT2D eigenvalue weighted by Gasteiger charge is -2.13. The second-order valence-corrected chi connectivity index (χ2v) is 5.41. The molecule has 21 heavy (non-hydrogen) atoms. The topological polar surface area (TPSA) is 0 Å². The van der Waals surface area contributed by atoms with Crippen LogP contribution in [-0.4, -0.2) is 0 Å². The summed E-state index contributed by atoms with van der Waals surface area (Å²) in [5.74, 6) is 0.403. The van der Waals surface area contributed by atoms with Gasteiger partial charge in [0.05, 0.1) is 0 Å². The van der Waals surface area contributed by atoms with Gasteiger partial charge in [-0.2, -0.15) is 0 Å². The normalized spacial score (nSPS) is 19.6. The van der Waals surface area contributed by atoms with Crippen molar-refractivity contribution in [2.24, 2.45) is 5.92 Å². The van der Waals surface area contributed by atoms with Gasteiger partial charge in [0.2, 0.25) is 0 Å². The Balaban J connectivity index is 1.92. The van der Waals surface area contributed by atoms with Crippen LogP contribution >= 0.6 is 0 Å². The molecule has 0 saturated heterocycles. The lowest BCUT2D eigenvalue weighted by Crippen LogP contribution is -1.96. The van der Waals surface area contributed by atoms with E-state index in [9.17, 15) is 0 Å². The summed E-state index contributed by atoms with van der Waals surface area (Å²) in [4.78, 5) is 0. The Morgan fingerprint density at radius 2 is 1.33 bits per heavy atom. The molecule has 0 N–H and O–H groups in total. The molecule has 2 aromatic rings. The van der Waals surface area contributed by atoms with Gasteiger partial charge in [0, 0.05) is 5.92 Å². The van der Waals surface area contributed by atoms with Gasteiger partial charge in [-0.3, -0.25) is 0 Å². The number of rotatable bonds is 2. The Morgan fingerprint density at radius 3 is 2.05 bits per heavy atom. The molecule has 0 aliphatic heterocycles. The molecule has 2 aliphatic carbocycles. The first-order valence-corrected chi connectivity index (χ1v) is 7.35. The summed E-state index contributed by atoms with van der Waals surface area (Å²) in [7, 11) is 0. The molecule has 0 amide bonds. The van der Waals surface area contributed by atoms with Crippen molar-refractivity contribution in [3.05, 3.63) is 108 Å². The predicted molar refractivity (Wildman–Crippen MR) is 89.6 cm³/mol. The van der Waals surface area contributed by atoms with Gasteiger partial charge in [0.25, 0.3) is 0 Å². The van der Waals surface area contributed by atoms with Crippen molar-refractivity contribution in [3.8, 4) is 0 Å². The lowest BCUT2D eigenvalue weighted by atomic mass is 9.90. The zero-order valence-corrected chi connectivity index (χ0v) is 11.7. The second kappa shape index (κ2) is 5.06. The Bertz CT molecular complexity index is 771. The number of fused-ring (bicyclic) bond motifs is 1. The Kier molecular flexibility index (Phi) is 2.93. The van der Waals surface area contributed by atoms with Crippen LogP contribution in [0, 0.1) is 5.92 Å². The molecule has 0 spiro atoms. The Morgan fingerprint density at radius 1 is 0.667 bits per heavy atom. The van der Waals surface area contributed by atoms with E-state index >= 15 is 0 Å². The zero-order valence-electron chi connectivity index (χ0n) is 11.7. The first-order valence-electron chi connectivity index (χ1n) is 7.35. The largest absolute Gasteiger partial charge is 0.0732 e. The van der Waals surface area contributed by atoms with E-state index in [1.807, 2.05) is 0 Å². The number of hydrogen-bond acceptors (Lipinski definition) is 0. The SMILES string of the molecule is C1=CC2=C(c3ccccc3)C(c3ccccc3)=CC2C=C1. The van der Waals surface area contributed by atoms with E-state index in [-0.39, 0.29) is 0 Å². The van der Waals surface area contributed by atoms with Crippen LogP contribution in [0.3, 0.4) is 0 Å². The van der Waals surface area contributed by atoms with Crippen LogP contribution in [0.4, 0.5) is 0 Å². The van der Waals surface area contributed by atoms with Gasteiger partial charge in [-0.1, -0.05) is 91.0 Å². The summed E-state index contributed by atoms with van der Waals surface area (Å²) in [5.41, 5.74) is 6.71. The van der Waals surface area contributed by atoms with Gasteiger partial charge in [0.15, 0.2) is 0 Å². The van der Waals surface area contributed by atoms with Crippen LogP contribution in [0.2, 0.25) is 0 Å². The molecule has 0 nitrogen and oxygen atoms in total. The summed E-state index contributed by atoms with van der Waals surface area (Å²) >= 11 is 0. The number of allylic oxidation sites excluding steroid dienone is 8. The number of benzene rings is 2. The first kappa shape index (κ1) is 12.2. The van der Waals surface area contributed by atoms with Crippen molar-refractivity contribution >= 4 is 11.1 Å². The highest BCUT2D eigenvalue weighted by Gasteiger charge is 2.25. The highest BCUT2D eigenvalue weighted by molar-refractivity contribution is 6.10. The average molecular weight is 268 g/mol. The molecule has 100 valence electrons. The molecule has 0 saturated carbocycles. The highest BCUT2D eigenvalue weighted by Crippen LogP contribution is 2.44. The first-order chi connectivity index (χ1) is 10.4. The van der Waals surface area contributed by atoms with Crippen molar-refractivity contribution in [3.63, 3.8) is 0 Å². The summed E-state index contributed by atoms with van der Waals surface area (Å²) < 4.78 is 0. The van der Waals surface area contributed by atoms with E-state index in [0.29, 0.717) is 5.92 Å². The van der Waals surface area contributed by atoms with Crippen molar-refractivity contribution in [1.29, 1.82) is 0 Å². The van der Waals surface area contributed by atoms with Crippen LogP contribution in [0.5, 0.6) is 0 Å². The van der Waals surface area contributed by atoms with E-state index in [0.717, 1.165) is 0 Å². The molecule has 0 radical (unpaired) electrons. The Hall–Kier alpha value is -2.60. The van der Waals surface area contributed by atoms with Gasteiger partial charge in [-0.05, 0) is 27.8 Å². The maximum atomic E-state index is 2.38. The maximum Gasteiger partial charge on any atom is 0.0217 e. The molecule has 0 heterocycles. The summed E-state index contributed by atoms with van der Waals surface area (Å²) in [6.45, 7) is 0. The third-order valence-electron chi connectivity index (χ3n) is 4.12. The van der Waals surface area contributed by atoms with E-state index in [1.165, 1.54) is 27.8 Å². The molecule has 1 unspecified atom stereocenters. The molecular formula is C21H16. The monoisotopic (exact) mass is 268 g/mol. The second-order valence-electron chi connectivity index (χ2n) is 5.41. The zero-order chi connectivity index (χ0) is 14.1. The summed E-state index contributed by atoms with van der Waals surface area (Å²) in [5, 5.41) is 0. The predicted octanol–water partition coefficient (Wildman–Crippen LogP) is 5.28. The third-order valence-corrected chi connectivity index (χ3v) is 4.12. The van der Waals surface area contributed by atoms with Gasteiger partial charge in [-0.25, -0.2) is 0 Å². The minimum Gasteiger partial charge on any atom is -0.0732 e. The maximum absolute atomic E-state index is 2.38. The molecular weight excluding hydrogens is 252 g/mol. The van der Waals surface area contributed by atoms with Gasteiger partial charge in [0.1, 0.15) is 0 Å². The van der Waals surface area contributed by atoms with Crippen LogP contribution < -0.4 is 0 Å². The summed E-state index contributed by atoms with van der Waals surface area (Å²) in [6.07, 6.45) is 11.2.